The highest BCUT2D eigenvalue weighted by Crippen LogP contribution is 2.24. The van der Waals surface area contributed by atoms with E-state index < -0.39 is 5.92 Å². The molecule has 0 aliphatic rings. The summed E-state index contributed by atoms with van der Waals surface area (Å²) < 4.78 is 10.2. The van der Waals surface area contributed by atoms with Crippen LogP contribution in [-0.4, -0.2) is 22.7 Å². The molecular weight excluding hydrogens is 220 g/mol. The Labute approximate surface area is 102 Å². The fourth-order valence-corrected chi connectivity index (χ4v) is 1.56. The molecule has 1 aromatic heterocycles. The normalized spacial score (nSPS) is 12.8. The Morgan fingerprint density at radius 2 is 2.12 bits per heavy atom. The van der Waals surface area contributed by atoms with Crippen molar-refractivity contribution in [2.45, 2.75) is 46.5 Å². The van der Waals surface area contributed by atoms with Crippen molar-refractivity contribution in [2.24, 2.45) is 5.92 Å². The molecule has 1 atom stereocenters. The van der Waals surface area contributed by atoms with Gasteiger partial charge in [-0.15, -0.1) is 0 Å². The first-order chi connectivity index (χ1) is 8.08. The summed E-state index contributed by atoms with van der Waals surface area (Å²) in [7, 11) is 0. The van der Waals surface area contributed by atoms with Crippen molar-refractivity contribution in [3.63, 3.8) is 0 Å². The Kier molecular flexibility index (Phi) is 5.12. The van der Waals surface area contributed by atoms with Gasteiger partial charge >= 0.3 is 5.97 Å². The lowest BCUT2D eigenvalue weighted by Crippen LogP contribution is -2.18. The third-order valence-corrected chi connectivity index (χ3v) is 2.38. The number of nitrogens with zero attached hydrogens (tertiary/aromatic N) is 2. The number of hydrogen-bond donors (Lipinski definition) is 0. The minimum absolute atomic E-state index is 0.285. The highest BCUT2D eigenvalue weighted by molar-refractivity contribution is 5.76. The lowest BCUT2D eigenvalue weighted by molar-refractivity contribution is -0.146. The highest BCUT2D eigenvalue weighted by atomic mass is 16.5. The minimum Gasteiger partial charge on any atom is -0.465 e. The second-order valence-electron chi connectivity index (χ2n) is 4.34. The van der Waals surface area contributed by atoms with Gasteiger partial charge in [-0.3, -0.25) is 4.79 Å². The molecule has 96 valence electrons. The van der Waals surface area contributed by atoms with Crippen LogP contribution in [0.4, 0.5) is 0 Å². The van der Waals surface area contributed by atoms with Gasteiger partial charge in [-0.05, 0) is 19.3 Å². The maximum atomic E-state index is 11.8. The SMILES string of the molecule is CCOC(=O)C(CC(C)C)c1nc(CC)no1. The number of ether oxygens (including phenoxy) is 1. The van der Waals surface area contributed by atoms with Gasteiger partial charge in [-0.1, -0.05) is 25.9 Å². The van der Waals surface area contributed by atoms with Crippen LogP contribution in [0.15, 0.2) is 4.52 Å². The summed E-state index contributed by atoms with van der Waals surface area (Å²) in [5, 5.41) is 3.81. The monoisotopic (exact) mass is 240 g/mol. The number of hydrogen-bond acceptors (Lipinski definition) is 5. The largest absolute Gasteiger partial charge is 0.465 e. The Bertz CT molecular complexity index is 360. The van der Waals surface area contributed by atoms with E-state index in [4.69, 9.17) is 9.26 Å². The van der Waals surface area contributed by atoms with Crippen LogP contribution < -0.4 is 0 Å². The van der Waals surface area contributed by atoms with Crippen LogP contribution in [0.2, 0.25) is 0 Å². The van der Waals surface area contributed by atoms with Crippen LogP contribution in [0.3, 0.4) is 0 Å². The zero-order chi connectivity index (χ0) is 12.8. The summed E-state index contributed by atoms with van der Waals surface area (Å²) in [6.07, 6.45) is 1.35. The summed E-state index contributed by atoms with van der Waals surface area (Å²) >= 11 is 0. The van der Waals surface area contributed by atoms with Crippen LogP contribution in [0.25, 0.3) is 0 Å². The lowest BCUT2D eigenvalue weighted by Gasteiger charge is -2.13. The summed E-state index contributed by atoms with van der Waals surface area (Å²) in [5.74, 6) is 0.628. The molecule has 0 fully saturated rings. The van der Waals surface area contributed by atoms with Crippen molar-refractivity contribution in [3.05, 3.63) is 11.7 Å². The van der Waals surface area contributed by atoms with E-state index in [9.17, 15) is 4.79 Å². The van der Waals surface area contributed by atoms with Gasteiger partial charge in [0.25, 0.3) is 0 Å². The van der Waals surface area contributed by atoms with Crippen molar-refractivity contribution in [1.29, 1.82) is 0 Å². The van der Waals surface area contributed by atoms with E-state index in [1.54, 1.807) is 6.92 Å². The van der Waals surface area contributed by atoms with E-state index >= 15 is 0 Å². The molecule has 5 heteroatoms. The molecule has 0 radical (unpaired) electrons. The van der Waals surface area contributed by atoms with Crippen molar-refractivity contribution in [2.75, 3.05) is 6.61 Å². The van der Waals surface area contributed by atoms with E-state index in [1.807, 2.05) is 20.8 Å². The molecule has 5 nitrogen and oxygen atoms in total. The van der Waals surface area contributed by atoms with Crippen molar-refractivity contribution >= 4 is 5.97 Å². The van der Waals surface area contributed by atoms with E-state index in [-0.39, 0.29) is 5.97 Å². The molecule has 1 rings (SSSR count). The third kappa shape index (κ3) is 3.84. The molecule has 0 aromatic carbocycles. The van der Waals surface area contributed by atoms with Crippen LogP contribution in [0, 0.1) is 5.92 Å². The third-order valence-electron chi connectivity index (χ3n) is 2.38. The molecule has 0 saturated heterocycles. The van der Waals surface area contributed by atoms with Crippen LogP contribution >= 0.6 is 0 Å². The van der Waals surface area contributed by atoms with Crippen molar-refractivity contribution < 1.29 is 14.1 Å². The fourth-order valence-electron chi connectivity index (χ4n) is 1.56. The standard InChI is InChI=1S/C12H20N2O3/c1-5-10-13-11(17-14-10)9(7-8(3)4)12(15)16-6-2/h8-9H,5-7H2,1-4H3. The molecule has 0 bridgehead atoms. The lowest BCUT2D eigenvalue weighted by atomic mass is 9.97. The molecule has 1 heterocycles. The number of aromatic nitrogens is 2. The van der Waals surface area contributed by atoms with Crippen LogP contribution in [0.1, 0.15) is 51.7 Å². The Hall–Kier alpha value is -1.39. The topological polar surface area (TPSA) is 65.2 Å². The minimum atomic E-state index is -0.442. The average molecular weight is 240 g/mol. The maximum absolute atomic E-state index is 11.8. The molecule has 0 amide bonds. The van der Waals surface area contributed by atoms with Gasteiger partial charge in [-0.2, -0.15) is 4.98 Å². The molecule has 0 aliphatic heterocycles. The van der Waals surface area contributed by atoms with Crippen molar-refractivity contribution in [1.82, 2.24) is 10.1 Å². The summed E-state index contributed by atoms with van der Waals surface area (Å²) in [5.41, 5.74) is 0. The number of aryl methyl sites for hydroxylation is 1. The van der Waals surface area contributed by atoms with Gasteiger partial charge in [0.05, 0.1) is 6.61 Å². The van der Waals surface area contributed by atoms with Gasteiger partial charge < -0.3 is 9.26 Å². The average Bonchev–Trinajstić information content (AvgIpc) is 2.74. The van der Waals surface area contributed by atoms with E-state index in [2.05, 4.69) is 10.1 Å². The molecule has 1 unspecified atom stereocenters. The van der Waals surface area contributed by atoms with Crippen LogP contribution in [-0.2, 0) is 16.0 Å². The molecule has 0 aliphatic carbocycles. The highest BCUT2D eigenvalue weighted by Gasteiger charge is 2.28. The van der Waals surface area contributed by atoms with Gasteiger partial charge in [0.1, 0.15) is 5.92 Å². The number of carbonyl (C=O) groups is 1. The predicted octanol–water partition coefficient (Wildman–Crippen LogP) is 2.32. The summed E-state index contributed by atoms with van der Waals surface area (Å²) in [6.45, 7) is 8.18. The number of rotatable bonds is 6. The first kappa shape index (κ1) is 13.7. The predicted molar refractivity (Wildman–Crippen MR) is 62.5 cm³/mol. The smallest absolute Gasteiger partial charge is 0.318 e. The maximum Gasteiger partial charge on any atom is 0.318 e. The number of carbonyl (C=O) groups excluding carboxylic acids is 1. The zero-order valence-corrected chi connectivity index (χ0v) is 10.9. The van der Waals surface area contributed by atoms with Gasteiger partial charge in [0, 0.05) is 6.42 Å². The molecule has 1 aromatic rings. The van der Waals surface area contributed by atoms with Crippen molar-refractivity contribution in [3.8, 4) is 0 Å². The second kappa shape index (κ2) is 6.37. The fraction of sp³-hybridized carbons (Fsp3) is 0.750. The molecule has 17 heavy (non-hydrogen) atoms. The summed E-state index contributed by atoms with van der Waals surface area (Å²) in [6, 6.07) is 0. The second-order valence-corrected chi connectivity index (χ2v) is 4.34. The Morgan fingerprint density at radius 3 is 2.59 bits per heavy atom. The van der Waals surface area contributed by atoms with E-state index in [0.717, 1.165) is 0 Å². The molecule has 0 saturated carbocycles. The first-order valence-corrected chi connectivity index (χ1v) is 6.07. The molecule has 0 N–H and O–H groups in total. The van der Waals surface area contributed by atoms with Gasteiger partial charge in [0.15, 0.2) is 5.82 Å². The molecule has 0 spiro atoms. The van der Waals surface area contributed by atoms with E-state index in [0.29, 0.717) is 37.1 Å². The van der Waals surface area contributed by atoms with Gasteiger partial charge in [-0.25, -0.2) is 0 Å². The summed E-state index contributed by atoms with van der Waals surface area (Å²) in [4.78, 5) is 16.0. The Balaban J connectivity index is 2.84. The first-order valence-electron chi connectivity index (χ1n) is 6.07. The quantitative estimate of drug-likeness (QED) is 0.714. The number of esters is 1. The van der Waals surface area contributed by atoms with Crippen LogP contribution in [0.5, 0.6) is 0 Å². The zero-order valence-electron chi connectivity index (χ0n) is 10.9. The Morgan fingerprint density at radius 1 is 1.41 bits per heavy atom. The van der Waals surface area contributed by atoms with E-state index in [1.165, 1.54) is 0 Å². The molecular formula is C12H20N2O3. The van der Waals surface area contributed by atoms with Gasteiger partial charge in [0.2, 0.25) is 5.89 Å².